The van der Waals surface area contributed by atoms with Gasteiger partial charge in [0, 0.05) is 25.8 Å². The van der Waals surface area contributed by atoms with Crippen LogP contribution in [0.4, 0.5) is 28.0 Å². The average Bonchev–Trinajstić information content (AvgIpc) is 3.15. The standard InChI is InChI=1S/C22H27F4N5O2/c1-5-18(33-4)21-9-12(2)6-13(10-21)31(21)20(32)28-17-7-14(19-27-11-30(3)29-19)15(8-16(17)23)22(24,25)26/h7-8,11-13,18H,5-6,9-10H2,1-4H3,(H,28,32)/t12-,13+,18-,21-/m0/s1. The molecular weight excluding hydrogens is 442 g/mol. The zero-order valence-electron chi connectivity index (χ0n) is 18.9. The fraction of sp³-hybridized carbons (Fsp3) is 0.591. The SMILES string of the molecule is CC[C@H](OC)[C@]12C[C@@H](C)C[C@H](C1)N2C(=O)Nc1cc(-c2ncn(C)n2)c(C(F)(F)F)cc1F. The number of likely N-dealkylation sites (tertiary alicyclic amines) is 1. The minimum Gasteiger partial charge on any atom is -0.379 e. The number of halogens is 4. The van der Waals surface area contributed by atoms with Crippen molar-refractivity contribution in [2.24, 2.45) is 13.0 Å². The Balaban J connectivity index is 1.68. The number of hydrogen-bond acceptors (Lipinski definition) is 4. The Hall–Kier alpha value is -2.69. The molecule has 2 heterocycles. The van der Waals surface area contributed by atoms with E-state index in [0.29, 0.717) is 18.4 Å². The highest BCUT2D eigenvalue weighted by molar-refractivity contribution is 5.92. The summed E-state index contributed by atoms with van der Waals surface area (Å²) in [5.41, 5.74) is -2.48. The molecule has 0 spiro atoms. The van der Waals surface area contributed by atoms with Gasteiger partial charge in [0.05, 0.1) is 22.9 Å². The molecule has 2 bridgehead atoms. The molecule has 1 N–H and O–H groups in total. The molecule has 1 aromatic carbocycles. The van der Waals surface area contributed by atoms with Gasteiger partial charge in [0.1, 0.15) is 12.1 Å². The van der Waals surface area contributed by atoms with Gasteiger partial charge in [0.2, 0.25) is 0 Å². The molecule has 11 heteroatoms. The van der Waals surface area contributed by atoms with Gasteiger partial charge in [-0.1, -0.05) is 13.8 Å². The van der Waals surface area contributed by atoms with Gasteiger partial charge in [-0.15, -0.1) is 0 Å². The lowest BCUT2D eigenvalue weighted by Crippen LogP contribution is -2.76. The molecule has 7 nitrogen and oxygen atoms in total. The van der Waals surface area contributed by atoms with Crippen LogP contribution >= 0.6 is 0 Å². The fourth-order valence-electron chi connectivity index (χ4n) is 5.65. The minimum absolute atomic E-state index is 0.0209. The van der Waals surface area contributed by atoms with Crippen LogP contribution in [0.1, 0.15) is 45.1 Å². The van der Waals surface area contributed by atoms with Gasteiger partial charge in [-0.2, -0.15) is 18.3 Å². The summed E-state index contributed by atoms with van der Waals surface area (Å²) in [7, 11) is 3.12. The summed E-state index contributed by atoms with van der Waals surface area (Å²) in [6, 6.07) is 0.754. The maximum Gasteiger partial charge on any atom is 0.417 e. The van der Waals surface area contributed by atoms with Crippen molar-refractivity contribution in [2.45, 2.75) is 63.4 Å². The van der Waals surface area contributed by atoms with E-state index in [9.17, 15) is 22.4 Å². The number of carbonyl (C=O) groups excluding carboxylic acids is 1. The average molecular weight is 469 g/mol. The normalized spacial score (nSPS) is 25.5. The molecule has 2 amide bonds. The van der Waals surface area contributed by atoms with Crippen molar-refractivity contribution in [3.63, 3.8) is 0 Å². The second-order valence-corrected chi connectivity index (χ2v) is 9.06. The lowest BCUT2D eigenvalue weighted by Gasteiger charge is -2.65. The predicted molar refractivity (Wildman–Crippen MR) is 113 cm³/mol. The second-order valence-electron chi connectivity index (χ2n) is 9.06. The van der Waals surface area contributed by atoms with Gasteiger partial charge in [-0.3, -0.25) is 4.68 Å². The van der Waals surface area contributed by atoms with Gasteiger partial charge in [0.25, 0.3) is 0 Å². The third kappa shape index (κ3) is 3.96. The van der Waals surface area contributed by atoms with E-state index >= 15 is 0 Å². The minimum atomic E-state index is -4.82. The Morgan fingerprint density at radius 3 is 2.67 bits per heavy atom. The molecular formula is C22H27F4N5O2. The fourth-order valence-corrected chi connectivity index (χ4v) is 5.65. The predicted octanol–water partition coefficient (Wildman–Crippen LogP) is 4.84. The third-order valence-corrected chi connectivity index (χ3v) is 6.78. The monoisotopic (exact) mass is 469 g/mol. The Labute approximate surface area is 189 Å². The maximum absolute atomic E-state index is 14.8. The molecule has 0 unspecified atom stereocenters. The van der Waals surface area contributed by atoms with Crippen LogP contribution in [-0.2, 0) is 18.0 Å². The van der Waals surface area contributed by atoms with E-state index < -0.39 is 34.7 Å². The molecule has 4 rings (SSSR count). The second kappa shape index (κ2) is 8.27. The van der Waals surface area contributed by atoms with E-state index in [1.807, 2.05) is 6.92 Å². The number of anilines is 1. The van der Waals surface area contributed by atoms with Crippen molar-refractivity contribution in [2.75, 3.05) is 12.4 Å². The molecule has 2 aliphatic rings. The quantitative estimate of drug-likeness (QED) is 0.636. The van der Waals surface area contributed by atoms with Crippen LogP contribution in [0, 0.1) is 11.7 Å². The number of methoxy groups -OCH3 is 1. The number of piperidine rings is 1. The van der Waals surface area contributed by atoms with E-state index in [-0.39, 0.29) is 23.7 Å². The molecule has 1 saturated heterocycles. The number of aromatic nitrogens is 3. The van der Waals surface area contributed by atoms with Crippen LogP contribution in [0.5, 0.6) is 0 Å². The number of carbonyl (C=O) groups is 1. The Morgan fingerprint density at radius 2 is 2.09 bits per heavy atom. The molecule has 1 aromatic heterocycles. The smallest absolute Gasteiger partial charge is 0.379 e. The molecule has 33 heavy (non-hydrogen) atoms. The molecule has 180 valence electrons. The zero-order chi connectivity index (χ0) is 24.1. The summed E-state index contributed by atoms with van der Waals surface area (Å²) in [5.74, 6) is -0.985. The van der Waals surface area contributed by atoms with Crippen molar-refractivity contribution < 1.29 is 27.1 Å². The summed E-state index contributed by atoms with van der Waals surface area (Å²) in [6.07, 6.45) is -0.707. The highest BCUT2D eigenvalue weighted by Crippen LogP contribution is 2.53. The summed E-state index contributed by atoms with van der Waals surface area (Å²) in [5, 5.41) is 6.43. The lowest BCUT2D eigenvalue weighted by molar-refractivity contribution is -0.162. The molecule has 0 radical (unpaired) electrons. The molecule has 1 aliphatic carbocycles. The van der Waals surface area contributed by atoms with Crippen molar-refractivity contribution >= 4 is 11.7 Å². The zero-order valence-corrected chi connectivity index (χ0v) is 18.9. The van der Waals surface area contributed by atoms with Crippen molar-refractivity contribution in [3.8, 4) is 11.4 Å². The number of urea groups is 1. The van der Waals surface area contributed by atoms with Crippen LogP contribution in [0.15, 0.2) is 18.5 Å². The van der Waals surface area contributed by atoms with E-state index in [1.165, 1.54) is 18.1 Å². The molecule has 2 fully saturated rings. The van der Waals surface area contributed by atoms with Gasteiger partial charge < -0.3 is 15.0 Å². The number of benzene rings is 1. The number of hydrogen-bond donors (Lipinski definition) is 1. The topological polar surface area (TPSA) is 72.3 Å². The van der Waals surface area contributed by atoms with Crippen LogP contribution in [0.2, 0.25) is 0 Å². The van der Waals surface area contributed by atoms with Crippen LogP contribution in [0.3, 0.4) is 0 Å². The van der Waals surface area contributed by atoms with Gasteiger partial charge >= 0.3 is 12.2 Å². The largest absolute Gasteiger partial charge is 0.417 e. The van der Waals surface area contributed by atoms with Crippen molar-refractivity contribution in [1.29, 1.82) is 0 Å². The number of nitrogens with zero attached hydrogens (tertiary/aromatic N) is 4. The Kier molecular flexibility index (Phi) is 5.88. The number of fused-ring (bicyclic) bond motifs is 2. The Bertz CT molecular complexity index is 1050. The third-order valence-electron chi connectivity index (χ3n) is 6.78. The van der Waals surface area contributed by atoms with E-state index in [4.69, 9.17) is 4.74 Å². The van der Waals surface area contributed by atoms with Crippen molar-refractivity contribution in [1.82, 2.24) is 19.7 Å². The number of ether oxygens (including phenoxy) is 1. The van der Waals surface area contributed by atoms with Crippen LogP contribution < -0.4 is 5.32 Å². The van der Waals surface area contributed by atoms with Gasteiger partial charge in [-0.25, -0.2) is 14.2 Å². The number of amides is 2. The first-order valence-electron chi connectivity index (χ1n) is 10.9. The number of nitrogens with one attached hydrogen (secondary N) is 1. The van der Waals surface area contributed by atoms with Crippen LogP contribution in [0.25, 0.3) is 11.4 Å². The number of rotatable bonds is 5. The first-order chi connectivity index (χ1) is 15.5. The molecule has 1 saturated carbocycles. The van der Waals surface area contributed by atoms with Gasteiger partial charge in [0.15, 0.2) is 5.82 Å². The molecule has 1 aliphatic heterocycles. The molecule has 2 aromatic rings. The summed E-state index contributed by atoms with van der Waals surface area (Å²) >= 11 is 0. The Morgan fingerprint density at radius 1 is 1.36 bits per heavy atom. The summed E-state index contributed by atoms with van der Waals surface area (Å²) in [4.78, 5) is 18.8. The number of alkyl halides is 3. The first kappa shape index (κ1) is 23.5. The lowest BCUT2D eigenvalue weighted by atomic mass is 9.61. The van der Waals surface area contributed by atoms with E-state index in [1.54, 1.807) is 12.0 Å². The summed E-state index contributed by atoms with van der Waals surface area (Å²) < 4.78 is 62.4. The first-order valence-corrected chi connectivity index (χ1v) is 10.9. The molecule has 4 atom stereocenters. The van der Waals surface area contributed by atoms with E-state index in [0.717, 1.165) is 25.3 Å². The highest BCUT2D eigenvalue weighted by Gasteiger charge is 2.61. The number of aryl methyl sites for hydroxylation is 1. The highest BCUT2D eigenvalue weighted by atomic mass is 19.4. The maximum atomic E-state index is 14.8. The van der Waals surface area contributed by atoms with Crippen molar-refractivity contribution in [3.05, 3.63) is 29.8 Å². The van der Waals surface area contributed by atoms with E-state index in [2.05, 4.69) is 22.3 Å². The van der Waals surface area contributed by atoms with Crippen LogP contribution in [-0.4, -0.2) is 50.5 Å². The summed E-state index contributed by atoms with van der Waals surface area (Å²) in [6.45, 7) is 4.10. The van der Waals surface area contributed by atoms with Gasteiger partial charge in [-0.05, 0) is 43.7 Å².